The van der Waals surface area contributed by atoms with Gasteiger partial charge in [-0.1, -0.05) is 19.8 Å². The van der Waals surface area contributed by atoms with Crippen molar-refractivity contribution in [2.24, 2.45) is 0 Å². The zero-order chi connectivity index (χ0) is 12.1. The average Bonchev–Trinajstić information content (AvgIpc) is 2.59. The van der Waals surface area contributed by atoms with Crippen LogP contribution in [-0.4, -0.2) is 55.1 Å². The van der Waals surface area contributed by atoms with Gasteiger partial charge in [-0.3, -0.25) is 14.5 Å². The molecule has 0 N–H and O–H groups in total. The molecule has 0 bridgehead atoms. The first-order valence-electron chi connectivity index (χ1n) is 5.66. The van der Waals surface area contributed by atoms with Gasteiger partial charge < -0.3 is 9.64 Å². The van der Waals surface area contributed by atoms with E-state index in [1.807, 2.05) is 4.90 Å². The molecule has 5 nitrogen and oxygen atoms in total. The Labute approximate surface area is 96.3 Å². The van der Waals surface area contributed by atoms with Crippen molar-refractivity contribution >= 4 is 11.9 Å². The topological polar surface area (TPSA) is 49.9 Å². The van der Waals surface area contributed by atoms with Crippen molar-refractivity contribution in [3.8, 4) is 0 Å². The zero-order valence-corrected chi connectivity index (χ0v) is 10.2. The maximum Gasteiger partial charge on any atom is 0.323 e. The number of nitrogens with zero attached hydrogens (tertiary/aromatic N) is 2. The number of carbonyl (C=O) groups excluding carboxylic acids is 2. The zero-order valence-electron chi connectivity index (χ0n) is 10.2. The number of unbranched alkanes of at least 4 members (excludes halogenated alkanes) is 1. The molecule has 1 rings (SSSR count). The number of likely N-dealkylation sites (N-methyl/N-ethyl adjacent to an activating group) is 1. The van der Waals surface area contributed by atoms with Gasteiger partial charge in [0.15, 0.2) is 0 Å². The fourth-order valence-electron chi connectivity index (χ4n) is 1.89. The molecule has 5 heteroatoms. The molecular weight excluding hydrogens is 208 g/mol. The summed E-state index contributed by atoms with van der Waals surface area (Å²) in [6.07, 6.45) is 2.75. The van der Waals surface area contributed by atoms with Crippen LogP contribution < -0.4 is 0 Å². The molecule has 1 heterocycles. The van der Waals surface area contributed by atoms with Crippen molar-refractivity contribution in [3.05, 3.63) is 0 Å². The third-order valence-corrected chi connectivity index (χ3v) is 2.90. The van der Waals surface area contributed by atoms with E-state index in [0.29, 0.717) is 13.2 Å². The lowest BCUT2D eigenvalue weighted by Gasteiger charge is -2.24. The predicted octanol–water partition coefficient (Wildman–Crippen LogP) is 0.450. The molecule has 0 spiro atoms. The Morgan fingerprint density at radius 3 is 2.69 bits per heavy atom. The molecular formula is C11H20N2O3. The van der Waals surface area contributed by atoms with Gasteiger partial charge >= 0.3 is 5.97 Å². The van der Waals surface area contributed by atoms with Crippen LogP contribution in [0.3, 0.4) is 0 Å². The van der Waals surface area contributed by atoms with E-state index in [2.05, 4.69) is 6.92 Å². The third-order valence-electron chi connectivity index (χ3n) is 2.90. The summed E-state index contributed by atoms with van der Waals surface area (Å²) in [6, 6.07) is -0.279. The van der Waals surface area contributed by atoms with E-state index >= 15 is 0 Å². The molecule has 0 aromatic carbocycles. The highest BCUT2D eigenvalue weighted by atomic mass is 16.5. The molecule has 16 heavy (non-hydrogen) atoms. The highest BCUT2D eigenvalue weighted by Gasteiger charge is 2.34. The molecule has 1 atom stereocenters. The van der Waals surface area contributed by atoms with Crippen LogP contribution in [0.25, 0.3) is 0 Å². The second kappa shape index (κ2) is 5.84. The number of carbonyl (C=O) groups is 2. The Bertz CT molecular complexity index is 268. The number of amides is 1. The lowest BCUT2D eigenvalue weighted by molar-refractivity contribution is -0.147. The minimum atomic E-state index is -0.279. The van der Waals surface area contributed by atoms with Crippen molar-refractivity contribution < 1.29 is 14.3 Å². The van der Waals surface area contributed by atoms with Crippen LogP contribution in [0.2, 0.25) is 0 Å². The fourth-order valence-corrected chi connectivity index (χ4v) is 1.89. The number of methoxy groups -OCH3 is 1. The summed E-state index contributed by atoms with van der Waals surface area (Å²) in [5.41, 5.74) is 0. The Kier molecular flexibility index (Phi) is 4.73. The molecule has 0 aliphatic carbocycles. The van der Waals surface area contributed by atoms with Gasteiger partial charge in [0.05, 0.1) is 20.3 Å². The van der Waals surface area contributed by atoms with Crippen molar-refractivity contribution in [1.82, 2.24) is 9.80 Å². The quantitative estimate of drug-likeness (QED) is 0.641. The van der Waals surface area contributed by atoms with Crippen molar-refractivity contribution in [1.29, 1.82) is 0 Å². The number of rotatable bonds is 5. The van der Waals surface area contributed by atoms with Crippen LogP contribution in [0.5, 0.6) is 0 Å². The molecule has 0 radical (unpaired) electrons. The van der Waals surface area contributed by atoms with Gasteiger partial charge in [-0.05, 0) is 6.42 Å². The average molecular weight is 228 g/mol. The van der Waals surface area contributed by atoms with Gasteiger partial charge in [-0.15, -0.1) is 0 Å². The van der Waals surface area contributed by atoms with Crippen LogP contribution in [0.15, 0.2) is 0 Å². The largest absolute Gasteiger partial charge is 0.468 e. The molecule has 92 valence electrons. The molecule has 1 saturated heterocycles. The minimum Gasteiger partial charge on any atom is -0.468 e. The van der Waals surface area contributed by atoms with Crippen molar-refractivity contribution in [2.45, 2.75) is 32.2 Å². The summed E-state index contributed by atoms with van der Waals surface area (Å²) >= 11 is 0. The van der Waals surface area contributed by atoms with E-state index in [1.165, 1.54) is 7.11 Å². The van der Waals surface area contributed by atoms with E-state index in [0.717, 1.165) is 19.3 Å². The number of esters is 1. The summed E-state index contributed by atoms with van der Waals surface area (Å²) in [5.74, 6) is -0.179. The van der Waals surface area contributed by atoms with E-state index in [9.17, 15) is 9.59 Å². The van der Waals surface area contributed by atoms with E-state index in [1.54, 1.807) is 11.9 Å². The maximum absolute atomic E-state index is 11.6. The van der Waals surface area contributed by atoms with Gasteiger partial charge in [-0.2, -0.15) is 0 Å². The maximum atomic E-state index is 11.6. The lowest BCUT2D eigenvalue weighted by atomic mass is 10.1. The monoisotopic (exact) mass is 228 g/mol. The fraction of sp³-hybridized carbons (Fsp3) is 0.818. The number of hydrogen-bond acceptors (Lipinski definition) is 4. The van der Waals surface area contributed by atoms with Crippen molar-refractivity contribution in [3.63, 3.8) is 0 Å². The van der Waals surface area contributed by atoms with Gasteiger partial charge in [-0.25, -0.2) is 0 Å². The normalized spacial score (nSPS) is 18.9. The van der Waals surface area contributed by atoms with Crippen LogP contribution in [0, 0.1) is 0 Å². The van der Waals surface area contributed by atoms with Gasteiger partial charge in [0.1, 0.15) is 6.04 Å². The van der Waals surface area contributed by atoms with Crippen LogP contribution in [-0.2, 0) is 14.3 Å². The molecule has 1 amide bonds. The Hall–Kier alpha value is -1.10. The predicted molar refractivity (Wildman–Crippen MR) is 59.7 cm³/mol. The van der Waals surface area contributed by atoms with E-state index in [4.69, 9.17) is 4.74 Å². The summed E-state index contributed by atoms with van der Waals surface area (Å²) in [5, 5.41) is 0. The van der Waals surface area contributed by atoms with E-state index in [-0.39, 0.29) is 17.9 Å². The van der Waals surface area contributed by atoms with Crippen LogP contribution in [0.4, 0.5) is 0 Å². The van der Waals surface area contributed by atoms with Gasteiger partial charge in [0.25, 0.3) is 0 Å². The Morgan fingerprint density at radius 2 is 2.25 bits per heavy atom. The Morgan fingerprint density at radius 1 is 1.56 bits per heavy atom. The summed E-state index contributed by atoms with van der Waals surface area (Å²) in [6.45, 7) is 2.91. The summed E-state index contributed by atoms with van der Waals surface area (Å²) in [4.78, 5) is 26.5. The highest BCUT2D eigenvalue weighted by molar-refractivity contribution is 5.82. The highest BCUT2D eigenvalue weighted by Crippen LogP contribution is 2.15. The van der Waals surface area contributed by atoms with Crippen molar-refractivity contribution in [2.75, 3.05) is 27.4 Å². The Balaban J connectivity index is 2.62. The smallest absolute Gasteiger partial charge is 0.323 e. The standard InChI is InChI=1S/C11H20N2O3/c1-4-5-6-9(11(15)16-3)13-7-10(14)12(2)8-13/h9H,4-8H2,1-3H3/t9-/m0/s1. The molecule has 0 unspecified atom stereocenters. The second-order valence-electron chi connectivity index (χ2n) is 4.16. The van der Waals surface area contributed by atoms with Gasteiger partial charge in [0.2, 0.25) is 5.91 Å². The second-order valence-corrected chi connectivity index (χ2v) is 4.16. The summed E-state index contributed by atoms with van der Waals surface area (Å²) in [7, 11) is 3.14. The molecule has 1 aliphatic heterocycles. The molecule has 1 aliphatic rings. The van der Waals surface area contributed by atoms with Gasteiger partial charge in [0, 0.05) is 7.05 Å². The lowest BCUT2D eigenvalue weighted by Crippen LogP contribution is -2.41. The first-order valence-corrected chi connectivity index (χ1v) is 5.66. The first-order chi connectivity index (χ1) is 7.60. The molecule has 0 saturated carbocycles. The molecule has 0 aromatic rings. The van der Waals surface area contributed by atoms with Crippen LogP contribution in [0.1, 0.15) is 26.2 Å². The SMILES string of the molecule is CCCC[C@@H](C(=O)OC)N1CC(=O)N(C)C1. The molecule has 0 aromatic heterocycles. The minimum absolute atomic E-state index is 0.0606. The van der Waals surface area contributed by atoms with Crippen LogP contribution >= 0.6 is 0 Å². The summed E-state index contributed by atoms with van der Waals surface area (Å²) < 4.78 is 4.78. The first kappa shape index (κ1) is 13.0. The number of ether oxygens (including phenoxy) is 1. The van der Waals surface area contributed by atoms with E-state index < -0.39 is 0 Å². The number of hydrogen-bond donors (Lipinski definition) is 0. The molecule has 1 fully saturated rings. The third kappa shape index (κ3) is 2.95.